The summed E-state index contributed by atoms with van der Waals surface area (Å²) in [6.45, 7) is 3.49. The molecule has 0 aliphatic heterocycles. The molecule has 6 heteroatoms. The fourth-order valence-electron chi connectivity index (χ4n) is 3.25. The highest BCUT2D eigenvalue weighted by Crippen LogP contribution is 2.23. The summed E-state index contributed by atoms with van der Waals surface area (Å²) in [5.41, 5.74) is 4.30. The molecule has 0 saturated heterocycles. The maximum absolute atomic E-state index is 10.3. The molecule has 0 aliphatic rings. The molecular weight excluding hydrogens is 392 g/mol. The van der Waals surface area contributed by atoms with Gasteiger partial charge in [0.05, 0.1) is 19.3 Å². The lowest BCUT2D eigenvalue weighted by atomic mass is 10.1. The van der Waals surface area contributed by atoms with E-state index in [4.69, 9.17) is 4.74 Å². The number of hydrogen-bond donors (Lipinski definition) is 5. The number of hydrogen-bond acceptors (Lipinski definition) is 6. The Morgan fingerprint density at radius 3 is 2.26 bits per heavy atom. The van der Waals surface area contributed by atoms with Gasteiger partial charge >= 0.3 is 0 Å². The van der Waals surface area contributed by atoms with Crippen molar-refractivity contribution in [2.75, 3.05) is 25.0 Å². The maximum Gasteiger partial charge on any atom is 0.121 e. The number of ether oxygens (including phenoxy) is 1. The molecule has 0 heterocycles. The van der Waals surface area contributed by atoms with Gasteiger partial charge in [-0.2, -0.15) is 0 Å². The summed E-state index contributed by atoms with van der Waals surface area (Å²) >= 11 is 0. The number of benzene rings is 3. The third-order valence-corrected chi connectivity index (χ3v) is 4.99. The molecule has 0 amide bonds. The quantitative estimate of drug-likeness (QED) is 0.301. The van der Waals surface area contributed by atoms with Crippen LogP contribution in [0, 0.1) is 0 Å². The first-order valence-electron chi connectivity index (χ1n) is 10.5. The predicted molar refractivity (Wildman–Crippen MR) is 123 cm³/mol. The van der Waals surface area contributed by atoms with Crippen molar-refractivity contribution in [3.8, 4) is 11.5 Å². The van der Waals surface area contributed by atoms with Gasteiger partial charge in [0.2, 0.25) is 0 Å². The summed E-state index contributed by atoms with van der Waals surface area (Å²) in [5, 5.41) is 35.8. The molecule has 3 aromatic carbocycles. The van der Waals surface area contributed by atoms with Crippen LogP contribution in [0.5, 0.6) is 11.5 Å². The van der Waals surface area contributed by atoms with Crippen LogP contribution in [0.2, 0.25) is 0 Å². The molecule has 3 rings (SSSR count). The van der Waals surface area contributed by atoms with Gasteiger partial charge in [0.1, 0.15) is 11.5 Å². The Hall–Kier alpha value is -3.06. The molecule has 0 unspecified atom stereocenters. The molecule has 0 radical (unpaired) electrons. The number of nitrogens with one attached hydrogen (secondary N) is 2. The molecule has 6 nitrogen and oxygen atoms in total. The van der Waals surface area contributed by atoms with Crippen LogP contribution < -0.4 is 15.4 Å². The molecule has 31 heavy (non-hydrogen) atoms. The highest BCUT2D eigenvalue weighted by Gasteiger charge is 2.10. The molecule has 0 aromatic heterocycles. The van der Waals surface area contributed by atoms with E-state index >= 15 is 0 Å². The topological polar surface area (TPSA) is 94.0 Å². The zero-order valence-corrected chi connectivity index (χ0v) is 17.7. The first kappa shape index (κ1) is 22.6. The molecule has 0 saturated carbocycles. The van der Waals surface area contributed by atoms with Gasteiger partial charge in [-0.1, -0.05) is 18.2 Å². The van der Waals surface area contributed by atoms with E-state index in [2.05, 4.69) is 22.8 Å². The van der Waals surface area contributed by atoms with E-state index < -0.39 is 6.10 Å². The molecule has 5 N–H and O–H groups in total. The van der Waals surface area contributed by atoms with Crippen molar-refractivity contribution in [2.24, 2.45) is 0 Å². The molecule has 0 spiro atoms. The second-order valence-electron chi connectivity index (χ2n) is 7.30. The number of aromatic hydroxyl groups is 1. The summed E-state index contributed by atoms with van der Waals surface area (Å²) in [6.07, 6.45) is 0.139. The average molecular weight is 423 g/mol. The van der Waals surface area contributed by atoms with Crippen LogP contribution in [0.4, 0.5) is 11.4 Å². The molecule has 0 bridgehead atoms. The Bertz CT molecular complexity index is 943. The summed E-state index contributed by atoms with van der Waals surface area (Å²) in [6, 6.07) is 20.9. The minimum Gasteiger partial charge on any atom is -0.508 e. The number of aliphatic hydroxyl groups is 2. The smallest absolute Gasteiger partial charge is 0.121 e. The van der Waals surface area contributed by atoms with Gasteiger partial charge in [0.15, 0.2) is 0 Å². The van der Waals surface area contributed by atoms with Gasteiger partial charge < -0.3 is 30.7 Å². The number of aliphatic hydroxyl groups excluding tert-OH is 2. The van der Waals surface area contributed by atoms with E-state index in [0.717, 1.165) is 30.1 Å². The van der Waals surface area contributed by atoms with Gasteiger partial charge in [-0.25, -0.2) is 0 Å². The fourth-order valence-corrected chi connectivity index (χ4v) is 3.25. The lowest BCUT2D eigenvalue weighted by Crippen LogP contribution is -2.23. The first-order valence-corrected chi connectivity index (χ1v) is 10.5. The average Bonchev–Trinajstić information content (AvgIpc) is 2.79. The second-order valence-corrected chi connectivity index (χ2v) is 7.30. The van der Waals surface area contributed by atoms with E-state index in [1.165, 1.54) is 11.6 Å². The third-order valence-electron chi connectivity index (χ3n) is 4.99. The SMILES string of the molecule is CCOc1ccc(Nc2ccc(CCNC[C@H](O)c3ccc(O)c(CO)c3)cc2)cc1. The zero-order valence-electron chi connectivity index (χ0n) is 17.7. The summed E-state index contributed by atoms with van der Waals surface area (Å²) in [7, 11) is 0. The van der Waals surface area contributed by atoms with Crippen molar-refractivity contribution in [1.29, 1.82) is 0 Å². The monoisotopic (exact) mass is 422 g/mol. The van der Waals surface area contributed by atoms with E-state index in [9.17, 15) is 15.3 Å². The van der Waals surface area contributed by atoms with Crippen LogP contribution in [-0.4, -0.2) is 35.0 Å². The third kappa shape index (κ3) is 6.72. The zero-order chi connectivity index (χ0) is 22.1. The van der Waals surface area contributed by atoms with E-state index in [-0.39, 0.29) is 12.4 Å². The molecule has 0 aliphatic carbocycles. The molecule has 1 atom stereocenters. The van der Waals surface area contributed by atoms with E-state index in [0.29, 0.717) is 24.3 Å². The molecule has 3 aromatic rings. The minimum atomic E-state index is -0.702. The van der Waals surface area contributed by atoms with Gasteiger partial charge in [-0.3, -0.25) is 0 Å². The minimum absolute atomic E-state index is 0.0341. The van der Waals surface area contributed by atoms with Crippen LogP contribution in [0.3, 0.4) is 0 Å². The van der Waals surface area contributed by atoms with Gasteiger partial charge in [-0.15, -0.1) is 0 Å². The standard InChI is InChI=1S/C25H30N2O4/c1-2-31-23-10-8-22(9-11-23)27-21-6-3-18(4-7-21)13-14-26-16-25(30)19-5-12-24(29)20(15-19)17-28/h3-12,15,25-30H,2,13-14,16-17H2,1H3/t25-/m0/s1. The van der Waals surface area contributed by atoms with Crippen LogP contribution in [0.1, 0.15) is 29.7 Å². The predicted octanol–water partition coefficient (Wildman–Crippen LogP) is 3.89. The summed E-state index contributed by atoms with van der Waals surface area (Å²) in [5.74, 6) is 0.895. The molecular formula is C25H30N2O4. The van der Waals surface area contributed by atoms with Crippen molar-refractivity contribution < 1.29 is 20.1 Å². The van der Waals surface area contributed by atoms with Gasteiger partial charge in [0, 0.05) is 23.5 Å². The fraction of sp³-hybridized carbons (Fsp3) is 0.280. The van der Waals surface area contributed by atoms with E-state index in [1.54, 1.807) is 12.1 Å². The van der Waals surface area contributed by atoms with Gasteiger partial charge in [-0.05, 0) is 79.5 Å². The van der Waals surface area contributed by atoms with Crippen molar-refractivity contribution in [3.05, 3.63) is 83.4 Å². The maximum atomic E-state index is 10.3. The Morgan fingerprint density at radius 2 is 1.61 bits per heavy atom. The Balaban J connectivity index is 1.43. The summed E-state index contributed by atoms with van der Waals surface area (Å²) in [4.78, 5) is 0. The van der Waals surface area contributed by atoms with Crippen LogP contribution in [-0.2, 0) is 13.0 Å². The second kappa shape index (κ2) is 11.4. The van der Waals surface area contributed by atoms with Crippen molar-refractivity contribution in [2.45, 2.75) is 26.1 Å². The largest absolute Gasteiger partial charge is 0.508 e. The highest BCUT2D eigenvalue weighted by molar-refractivity contribution is 5.60. The van der Waals surface area contributed by atoms with Gasteiger partial charge in [0.25, 0.3) is 0 Å². The molecule has 0 fully saturated rings. The number of anilines is 2. The Kier molecular flexibility index (Phi) is 8.29. The van der Waals surface area contributed by atoms with Crippen molar-refractivity contribution in [1.82, 2.24) is 5.32 Å². The van der Waals surface area contributed by atoms with Crippen molar-refractivity contribution >= 4 is 11.4 Å². The van der Waals surface area contributed by atoms with E-state index in [1.807, 2.05) is 43.3 Å². The summed E-state index contributed by atoms with van der Waals surface area (Å²) < 4.78 is 5.46. The number of phenols is 1. The van der Waals surface area contributed by atoms with Crippen LogP contribution in [0.15, 0.2) is 66.7 Å². The number of rotatable bonds is 11. The molecule has 164 valence electrons. The Morgan fingerprint density at radius 1 is 0.935 bits per heavy atom. The lowest BCUT2D eigenvalue weighted by Gasteiger charge is -2.14. The highest BCUT2D eigenvalue weighted by atomic mass is 16.5. The Labute approximate surface area is 183 Å². The van der Waals surface area contributed by atoms with Crippen LogP contribution >= 0.6 is 0 Å². The normalized spacial score (nSPS) is 11.8. The lowest BCUT2D eigenvalue weighted by molar-refractivity contribution is 0.174. The van der Waals surface area contributed by atoms with Crippen LogP contribution in [0.25, 0.3) is 0 Å². The first-order chi connectivity index (χ1) is 15.1. The van der Waals surface area contributed by atoms with Crippen molar-refractivity contribution in [3.63, 3.8) is 0 Å².